The van der Waals surface area contributed by atoms with Crippen LogP contribution in [0.3, 0.4) is 0 Å². The number of alkyl halides is 5. The minimum absolute atomic E-state index is 0.457. The van der Waals surface area contributed by atoms with Crippen LogP contribution in [0.1, 0.15) is 6.42 Å². The van der Waals surface area contributed by atoms with Crippen LogP contribution in [-0.2, 0) is 4.79 Å². The number of carboxylic acid groups (broad SMARTS) is 1. The topological polar surface area (TPSA) is 69.6 Å². The zero-order valence-corrected chi connectivity index (χ0v) is 9.51. The number of carbonyl (C=O) groups excluding carboxylic acids is 1. The van der Waals surface area contributed by atoms with Gasteiger partial charge in [-0.15, -0.1) is 0 Å². The minimum atomic E-state index is -5.02. The predicted octanol–water partition coefficient (Wildman–Crippen LogP) is 1.30. The average molecular weight is 290 g/mol. The van der Waals surface area contributed by atoms with E-state index in [0.717, 1.165) is 0 Å². The van der Waals surface area contributed by atoms with Crippen LogP contribution in [0.25, 0.3) is 0 Å². The number of nitrogens with one attached hydrogen (secondary N) is 1. The van der Waals surface area contributed by atoms with E-state index < -0.39 is 56.1 Å². The standard InChI is InChI=1S/C9H11F5N2O3/c10-5(11)3-15-7(19)16-2-1-8(4-16,6(17)18)9(12,13)14/h5H,1-4H2,(H,15,19)(H,17,18). The summed E-state index contributed by atoms with van der Waals surface area (Å²) in [6.07, 6.45) is -8.65. The maximum absolute atomic E-state index is 12.8. The fourth-order valence-electron chi connectivity index (χ4n) is 1.79. The highest BCUT2D eigenvalue weighted by molar-refractivity contribution is 5.80. The lowest BCUT2D eigenvalue weighted by atomic mass is 9.86. The zero-order valence-electron chi connectivity index (χ0n) is 9.51. The molecule has 1 fully saturated rings. The first-order chi connectivity index (χ1) is 8.60. The fraction of sp³-hybridized carbons (Fsp3) is 0.778. The molecule has 1 atom stereocenters. The Morgan fingerprint density at radius 2 is 1.95 bits per heavy atom. The van der Waals surface area contributed by atoms with Gasteiger partial charge in [-0.1, -0.05) is 0 Å². The summed E-state index contributed by atoms with van der Waals surface area (Å²) in [7, 11) is 0. The van der Waals surface area contributed by atoms with Crippen molar-refractivity contribution in [2.45, 2.75) is 19.0 Å². The number of hydrogen-bond acceptors (Lipinski definition) is 2. The van der Waals surface area contributed by atoms with E-state index >= 15 is 0 Å². The van der Waals surface area contributed by atoms with Gasteiger partial charge in [0.05, 0.1) is 6.54 Å². The number of amides is 2. The Hall–Kier alpha value is -1.61. The molecule has 0 saturated carbocycles. The van der Waals surface area contributed by atoms with E-state index in [1.165, 1.54) is 0 Å². The summed E-state index contributed by atoms with van der Waals surface area (Å²) in [6, 6.07) is -1.13. The van der Waals surface area contributed by atoms with Crippen molar-refractivity contribution in [3.8, 4) is 0 Å². The van der Waals surface area contributed by atoms with Crippen molar-refractivity contribution in [1.82, 2.24) is 10.2 Å². The SMILES string of the molecule is O=C(NCC(F)F)N1CCC(C(=O)O)(C(F)(F)F)C1. The van der Waals surface area contributed by atoms with Crippen molar-refractivity contribution in [2.24, 2.45) is 5.41 Å². The van der Waals surface area contributed by atoms with Crippen LogP contribution in [0.4, 0.5) is 26.7 Å². The van der Waals surface area contributed by atoms with Crippen LogP contribution in [-0.4, -0.2) is 54.2 Å². The molecule has 0 bridgehead atoms. The van der Waals surface area contributed by atoms with Crippen LogP contribution in [0, 0.1) is 5.41 Å². The molecule has 2 N–H and O–H groups in total. The molecule has 10 heteroatoms. The summed E-state index contributed by atoms with van der Waals surface area (Å²) in [5, 5.41) is 10.4. The summed E-state index contributed by atoms with van der Waals surface area (Å²) >= 11 is 0. The Bertz CT molecular complexity index is 373. The van der Waals surface area contributed by atoms with E-state index in [2.05, 4.69) is 0 Å². The molecule has 0 radical (unpaired) electrons. The van der Waals surface area contributed by atoms with Gasteiger partial charge in [0.1, 0.15) is 0 Å². The molecule has 110 valence electrons. The second kappa shape index (κ2) is 5.17. The Labute approximate surface area is 104 Å². The number of aliphatic carboxylic acids is 1. The number of carboxylic acids is 1. The summed E-state index contributed by atoms with van der Waals surface area (Å²) in [4.78, 5) is 22.7. The predicted molar refractivity (Wildman–Crippen MR) is 51.7 cm³/mol. The first kappa shape index (κ1) is 15.4. The highest BCUT2D eigenvalue weighted by Crippen LogP contribution is 2.45. The van der Waals surface area contributed by atoms with Gasteiger partial charge in [0.2, 0.25) is 0 Å². The maximum atomic E-state index is 12.8. The fourth-order valence-corrected chi connectivity index (χ4v) is 1.79. The van der Waals surface area contributed by atoms with Gasteiger partial charge in [-0.3, -0.25) is 4.79 Å². The molecule has 5 nitrogen and oxygen atoms in total. The van der Waals surface area contributed by atoms with E-state index in [1.807, 2.05) is 0 Å². The molecule has 1 saturated heterocycles. The normalized spacial score (nSPS) is 23.8. The Morgan fingerprint density at radius 1 is 1.37 bits per heavy atom. The van der Waals surface area contributed by atoms with E-state index in [4.69, 9.17) is 5.11 Å². The average Bonchev–Trinajstić information content (AvgIpc) is 2.71. The third-order valence-electron chi connectivity index (χ3n) is 2.92. The third kappa shape index (κ3) is 3.04. The Balaban J connectivity index is 2.75. The quantitative estimate of drug-likeness (QED) is 0.770. The third-order valence-corrected chi connectivity index (χ3v) is 2.92. The Morgan fingerprint density at radius 3 is 2.32 bits per heavy atom. The summed E-state index contributed by atoms with van der Waals surface area (Å²) in [5.41, 5.74) is -3.03. The van der Waals surface area contributed by atoms with Crippen LogP contribution in [0.5, 0.6) is 0 Å². The lowest BCUT2D eigenvalue weighted by Crippen LogP contribution is -2.49. The number of likely N-dealkylation sites (tertiary alicyclic amines) is 1. The monoisotopic (exact) mass is 290 g/mol. The van der Waals surface area contributed by atoms with Gasteiger partial charge in [-0.25, -0.2) is 13.6 Å². The lowest BCUT2D eigenvalue weighted by Gasteiger charge is -2.27. The molecule has 0 spiro atoms. The summed E-state index contributed by atoms with van der Waals surface area (Å²) < 4.78 is 62.0. The van der Waals surface area contributed by atoms with Crippen molar-refractivity contribution in [3.63, 3.8) is 0 Å². The molecule has 0 aromatic heterocycles. The highest BCUT2D eigenvalue weighted by atomic mass is 19.4. The van der Waals surface area contributed by atoms with Crippen molar-refractivity contribution in [3.05, 3.63) is 0 Å². The van der Waals surface area contributed by atoms with Crippen LogP contribution in [0.2, 0.25) is 0 Å². The van der Waals surface area contributed by atoms with Crippen LogP contribution < -0.4 is 5.32 Å². The van der Waals surface area contributed by atoms with Gasteiger partial charge in [-0.05, 0) is 6.42 Å². The molecule has 1 heterocycles. The maximum Gasteiger partial charge on any atom is 0.406 e. The van der Waals surface area contributed by atoms with Crippen molar-refractivity contribution in [1.29, 1.82) is 0 Å². The molecule has 1 rings (SSSR count). The number of carbonyl (C=O) groups is 2. The van der Waals surface area contributed by atoms with E-state index in [-0.39, 0.29) is 0 Å². The van der Waals surface area contributed by atoms with Crippen molar-refractivity contribution >= 4 is 12.0 Å². The largest absolute Gasteiger partial charge is 0.481 e. The van der Waals surface area contributed by atoms with Gasteiger partial charge in [0.15, 0.2) is 5.41 Å². The van der Waals surface area contributed by atoms with Crippen LogP contribution in [0.15, 0.2) is 0 Å². The molecule has 1 aliphatic heterocycles. The van der Waals surface area contributed by atoms with Crippen molar-refractivity contribution in [2.75, 3.05) is 19.6 Å². The van der Waals surface area contributed by atoms with Crippen molar-refractivity contribution < 1.29 is 36.6 Å². The van der Waals surface area contributed by atoms with E-state index in [9.17, 15) is 31.5 Å². The molecule has 19 heavy (non-hydrogen) atoms. The Kier molecular flexibility index (Phi) is 4.21. The van der Waals surface area contributed by atoms with Gasteiger partial charge in [0.25, 0.3) is 6.43 Å². The van der Waals surface area contributed by atoms with Gasteiger partial charge in [-0.2, -0.15) is 13.2 Å². The molecule has 0 aromatic rings. The summed E-state index contributed by atoms with van der Waals surface area (Å²) in [5.74, 6) is -2.08. The first-order valence-corrected chi connectivity index (χ1v) is 5.21. The second-order valence-electron chi connectivity index (χ2n) is 4.13. The molecular weight excluding hydrogens is 279 g/mol. The number of hydrogen-bond donors (Lipinski definition) is 2. The molecule has 1 unspecified atom stereocenters. The molecule has 0 aromatic carbocycles. The highest BCUT2D eigenvalue weighted by Gasteiger charge is 2.64. The molecule has 1 aliphatic rings. The van der Waals surface area contributed by atoms with E-state index in [0.29, 0.717) is 4.90 Å². The van der Waals surface area contributed by atoms with Gasteiger partial charge < -0.3 is 15.3 Å². The smallest absolute Gasteiger partial charge is 0.406 e. The second-order valence-corrected chi connectivity index (χ2v) is 4.13. The molecular formula is C9H11F5N2O3. The summed E-state index contributed by atoms with van der Waals surface area (Å²) in [6.45, 7) is -2.54. The zero-order chi connectivity index (χ0) is 14.8. The molecule has 0 aliphatic carbocycles. The number of nitrogens with zero attached hydrogens (tertiary/aromatic N) is 1. The van der Waals surface area contributed by atoms with Gasteiger partial charge in [0, 0.05) is 13.1 Å². The molecule has 2 amide bonds. The number of halogens is 5. The number of urea groups is 1. The van der Waals surface area contributed by atoms with Gasteiger partial charge >= 0.3 is 18.2 Å². The minimum Gasteiger partial charge on any atom is -0.481 e. The number of rotatable bonds is 3. The first-order valence-electron chi connectivity index (χ1n) is 5.21. The van der Waals surface area contributed by atoms with Crippen LogP contribution >= 0.6 is 0 Å². The lowest BCUT2D eigenvalue weighted by molar-refractivity contribution is -0.227. The van der Waals surface area contributed by atoms with E-state index in [1.54, 1.807) is 5.32 Å².